The van der Waals surface area contributed by atoms with Crippen LogP contribution in [0.3, 0.4) is 0 Å². The van der Waals surface area contributed by atoms with Gasteiger partial charge in [-0.05, 0) is 36.8 Å². The number of nitrogens with zero attached hydrogens (tertiary/aromatic N) is 3. The van der Waals surface area contributed by atoms with Crippen molar-refractivity contribution in [1.29, 1.82) is 0 Å². The lowest BCUT2D eigenvalue weighted by molar-refractivity contribution is 0.654. The largest absolute Gasteiger partial charge is 0.437 e. The third-order valence-electron chi connectivity index (χ3n) is 4.52. The zero-order chi connectivity index (χ0) is 16.8. The van der Waals surface area contributed by atoms with Gasteiger partial charge in [-0.25, -0.2) is 9.97 Å². The Balaban J connectivity index is 1.85. The first-order valence-corrected chi connectivity index (χ1v) is 8.19. The van der Waals surface area contributed by atoms with Gasteiger partial charge in [0.1, 0.15) is 11.4 Å². The van der Waals surface area contributed by atoms with Crippen LogP contribution in [-0.2, 0) is 0 Å². The normalized spacial score (nSPS) is 11.4. The van der Waals surface area contributed by atoms with E-state index in [4.69, 9.17) is 4.42 Å². The molecule has 25 heavy (non-hydrogen) atoms. The van der Waals surface area contributed by atoms with E-state index >= 15 is 0 Å². The molecule has 0 aliphatic carbocycles. The van der Waals surface area contributed by atoms with Gasteiger partial charge in [0, 0.05) is 35.1 Å². The Kier molecular flexibility index (Phi) is 2.97. The first kappa shape index (κ1) is 14.0. The van der Waals surface area contributed by atoms with E-state index in [1.54, 1.807) is 6.20 Å². The second-order valence-corrected chi connectivity index (χ2v) is 6.05. The van der Waals surface area contributed by atoms with E-state index in [0.717, 1.165) is 39.0 Å². The van der Waals surface area contributed by atoms with E-state index in [-0.39, 0.29) is 0 Å². The summed E-state index contributed by atoms with van der Waals surface area (Å²) < 4.78 is 8.20. The Morgan fingerprint density at radius 2 is 1.72 bits per heavy atom. The van der Waals surface area contributed by atoms with Crippen molar-refractivity contribution in [2.24, 2.45) is 0 Å². The van der Waals surface area contributed by atoms with Gasteiger partial charge >= 0.3 is 0 Å². The maximum Gasteiger partial charge on any atom is 0.227 e. The standard InChI is InChI=1S/C21H15N3O/c1-14-9-10-16-17-8-5-11-23-21(17)25-19(16)18(14)20-22-12-13-24(20)15-6-3-2-4-7-15/h2-13H,1H3. The fraction of sp³-hybridized carbons (Fsp3) is 0.0476. The summed E-state index contributed by atoms with van der Waals surface area (Å²) in [6, 6.07) is 18.4. The fourth-order valence-corrected chi connectivity index (χ4v) is 3.34. The lowest BCUT2D eigenvalue weighted by Crippen LogP contribution is -1.97. The number of hydrogen-bond donors (Lipinski definition) is 0. The molecule has 0 spiro atoms. The minimum absolute atomic E-state index is 0.655. The lowest BCUT2D eigenvalue weighted by atomic mass is 10.0. The Bertz CT molecular complexity index is 1200. The molecule has 0 unspecified atom stereocenters. The molecular formula is C21H15N3O. The highest BCUT2D eigenvalue weighted by Crippen LogP contribution is 2.37. The molecule has 4 heteroatoms. The van der Waals surface area contributed by atoms with Crippen molar-refractivity contribution in [3.05, 3.63) is 78.8 Å². The molecule has 0 saturated heterocycles. The summed E-state index contributed by atoms with van der Waals surface area (Å²) in [7, 11) is 0. The molecule has 0 saturated carbocycles. The van der Waals surface area contributed by atoms with E-state index < -0.39 is 0 Å². The Morgan fingerprint density at radius 3 is 2.60 bits per heavy atom. The van der Waals surface area contributed by atoms with Gasteiger partial charge in [0.15, 0.2) is 0 Å². The first-order valence-electron chi connectivity index (χ1n) is 8.19. The van der Waals surface area contributed by atoms with Crippen molar-refractivity contribution in [2.45, 2.75) is 6.92 Å². The van der Waals surface area contributed by atoms with Crippen molar-refractivity contribution in [1.82, 2.24) is 14.5 Å². The second-order valence-electron chi connectivity index (χ2n) is 6.05. The Hall–Kier alpha value is -3.40. The molecule has 0 bridgehead atoms. The molecule has 4 nitrogen and oxygen atoms in total. The van der Waals surface area contributed by atoms with Gasteiger partial charge in [0.25, 0.3) is 0 Å². The van der Waals surface area contributed by atoms with Crippen molar-refractivity contribution < 1.29 is 4.42 Å². The molecule has 0 aliphatic heterocycles. The van der Waals surface area contributed by atoms with Crippen molar-refractivity contribution >= 4 is 22.1 Å². The van der Waals surface area contributed by atoms with Gasteiger partial charge in [-0.15, -0.1) is 0 Å². The quantitative estimate of drug-likeness (QED) is 0.451. The molecule has 2 aromatic carbocycles. The van der Waals surface area contributed by atoms with Crippen LogP contribution >= 0.6 is 0 Å². The zero-order valence-electron chi connectivity index (χ0n) is 13.7. The van der Waals surface area contributed by atoms with E-state index in [0.29, 0.717) is 5.71 Å². The van der Waals surface area contributed by atoms with Gasteiger partial charge in [0.05, 0.1) is 5.56 Å². The number of pyridine rings is 1. The monoisotopic (exact) mass is 325 g/mol. The van der Waals surface area contributed by atoms with Gasteiger partial charge < -0.3 is 4.42 Å². The maximum atomic E-state index is 6.11. The van der Waals surface area contributed by atoms with Crippen LogP contribution in [0.25, 0.3) is 39.1 Å². The van der Waals surface area contributed by atoms with Gasteiger partial charge in [-0.3, -0.25) is 4.57 Å². The number of benzene rings is 2. The molecular weight excluding hydrogens is 310 g/mol. The number of rotatable bonds is 2. The minimum atomic E-state index is 0.655. The molecule has 0 aliphatic rings. The van der Waals surface area contributed by atoms with Crippen molar-refractivity contribution in [3.63, 3.8) is 0 Å². The van der Waals surface area contributed by atoms with Gasteiger partial charge in [0.2, 0.25) is 5.71 Å². The zero-order valence-corrected chi connectivity index (χ0v) is 13.7. The third kappa shape index (κ3) is 2.08. The van der Waals surface area contributed by atoms with Crippen molar-refractivity contribution in [2.75, 3.05) is 0 Å². The summed E-state index contributed by atoms with van der Waals surface area (Å²) in [5.41, 5.74) is 4.68. The number of fused-ring (bicyclic) bond motifs is 3. The van der Waals surface area contributed by atoms with E-state index in [2.05, 4.69) is 45.7 Å². The number of aromatic nitrogens is 3. The molecule has 0 radical (unpaired) electrons. The highest BCUT2D eigenvalue weighted by Gasteiger charge is 2.18. The molecule has 3 heterocycles. The SMILES string of the molecule is Cc1ccc2c(oc3ncccc32)c1-c1nccn1-c1ccccc1. The van der Waals surface area contributed by atoms with Crippen LogP contribution in [0.5, 0.6) is 0 Å². The number of furan rings is 1. The predicted molar refractivity (Wildman–Crippen MR) is 98.8 cm³/mol. The number of aryl methyl sites for hydroxylation is 1. The van der Waals surface area contributed by atoms with Crippen LogP contribution in [0.1, 0.15) is 5.56 Å². The maximum absolute atomic E-state index is 6.11. The van der Waals surface area contributed by atoms with Crippen LogP contribution in [0.4, 0.5) is 0 Å². The number of hydrogen-bond acceptors (Lipinski definition) is 3. The van der Waals surface area contributed by atoms with Gasteiger partial charge in [-0.1, -0.05) is 30.3 Å². The molecule has 5 rings (SSSR count). The predicted octanol–water partition coefficient (Wildman–Crippen LogP) is 5.14. The van der Waals surface area contributed by atoms with Crippen molar-refractivity contribution in [3.8, 4) is 17.1 Å². The number of imidazole rings is 1. The molecule has 0 fully saturated rings. The van der Waals surface area contributed by atoms with E-state index in [1.165, 1.54) is 0 Å². The second kappa shape index (κ2) is 5.31. The average molecular weight is 325 g/mol. The molecule has 3 aromatic heterocycles. The fourth-order valence-electron chi connectivity index (χ4n) is 3.34. The van der Waals surface area contributed by atoms with Gasteiger partial charge in [-0.2, -0.15) is 0 Å². The first-order chi connectivity index (χ1) is 12.3. The average Bonchev–Trinajstić information content (AvgIpc) is 3.27. The van der Waals surface area contributed by atoms with Crippen LogP contribution in [0, 0.1) is 6.92 Å². The summed E-state index contributed by atoms with van der Waals surface area (Å²) in [5.74, 6) is 0.869. The summed E-state index contributed by atoms with van der Waals surface area (Å²) >= 11 is 0. The third-order valence-corrected chi connectivity index (χ3v) is 4.52. The highest BCUT2D eigenvalue weighted by atomic mass is 16.3. The highest BCUT2D eigenvalue weighted by molar-refractivity contribution is 6.08. The van der Waals surface area contributed by atoms with E-state index in [1.807, 2.05) is 42.7 Å². The summed E-state index contributed by atoms with van der Waals surface area (Å²) in [4.78, 5) is 8.98. The van der Waals surface area contributed by atoms with Crippen LogP contribution in [0.15, 0.2) is 77.6 Å². The Morgan fingerprint density at radius 1 is 0.840 bits per heavy atom. The Labute approximate surface area is 144 Å². The molecule has 120 valence electrons. The molecule has 5 aromatic rings. The van der Waals surface area contributed by atoms with Crippen LogP contribution in [-0.4, -0.2) is 14.5 Å². The van der Waals surface area contributed by atoms with Crippen LogP contribution < -0.4 is 0 Å². The summed E-state index contributed by atoms with van der Waals surface area (Å²) in [6.45, 7) is 2.08. The summed E-state index contributed by atoms with van der Waals surface area (Å²) in [5, 5.41) is 2.09. The van der Waals surface area contributed by atoms with E-state index in [9.17, 15) is 0 Å². The smallest absolute Gasteiger partial charge is 0.227 e. The lowest BCUT2D eigenvalue weighted by Gasteiger charge is -2.10. The summed E-state index contributed by atoms with van der Waals surface area (Å²) in [6.07, 6.45) is 5.55. The number of para-hydroxylation sites is 1. The molecule has 0 N–H and O–H groups in total. The molecule has 0 atom stereocenters. The molecule has 0 amide bonds. The topological polar surface area (TPSA) is 43.9 Å². The van der Waals surface area contributed by atoms with Crippen LogP contribution in [0.2, 0.25) is 0 Å². The minimum Gasteiger partial charge on any atom is -0.437 e.